The highest BCUT2D eigenvalue weighted by atomic mass is 16.3. The second kappa shape index (κ2) is 8.40. The van der Waals surface area contributed by atoms with E-state index in [0.29, 0.717) is 33.8 Å². The average Bonchev–Trinajstić information content (AvgIpc) is 3.26. The molecule has 0 unspecified atom stereocenters. The Hall–Kier alpha value is -3.90. The minimum atomic E-state index is -1.82. The average molecular weight is 464 g/mol. The summed E-state index contributed by atoms with van der Waals surface area (Å²) in [6.07, 6.45) is -1.82. The van der Waals surface area contributed by atoms with Crippen molar-refractivity contribution in [3.8, 4) is 22.4 Å². The first-order valence-electron chi connectivity index (χ1n) is 13.7. The molecule has 0 radical (unpaired) electrons. The fraction of sp³-hybridized carbons (Fsp3) is 0.250. The molecule has 2 aromatic heterocycles. The second-order valence-corrected chi connectivity index (χ2v) is 10.1. The predicted molar refractivity (Wildman–Crippen MR) is 145 cm³/mol. The van der Waals surface area contributed by atoms with Gasteiger partial charge in [0.15, 0.2) is 11.4 Å². The number of furan rings is 1. The molecular weight excluding hydrogens is 428 g/mol. The molecule has 2 heterocycles. The summed E-state index contributed by atoms with van der Waals surface area (Å²) in [5, 5.41) is 1.64. The topological polar surface area (TPSA) is 21.4 Å². The summed E-state index contributed by atoms with van der Waals surface area (Å²) in [7, 11) is 1.82. The molecule has 3 heteroatoms. The van der Waals surface area contributed by atoms with Crippen LogP contribution in [0.4, 0.5) is 5.69 Å². The predicted octanol–water partition coefficient (Wildman–Crippen LogP) is 8.50. The van der Waals surface area contributed by atoms with E-state index < -0.39 is 11.8 Å². The molecule has 0 atom stereocenters. The highest BCUT2D eigenvalue weighted by molar-refractivity contribution is 6.14. The van der Waals surface area contributed by atoms with Crippen LogP contribution in [-0.2, 0) is 13.4 Å². The van der Waals surface area contributed by atoms with Crippen LogP contribution in [0.5, 0.6) is 0 Å². The SMILES string of the molecule is [2H]c1c([2H])c(-c2c(C)ccc3c2oc2c(-c4ccccc4)cc([N+]#[C-])cc23)[n+](C)c(C)c1C([2H])([2H])C(C)(C)C. The number of hydrogen-bond donors (Lipinski definition) is 0. The van der Waals surface area contributed by atoms with Crippen molar-refractivity contribution >= 4 is 27.6 Å². The molecule has 5 aromatic rings. The maximum absolute atomic E-state index is 9.09. The maximum Gasteiger partial charge on any atom is 0.216 e. The van der Waals surface area contributed by atoms with Crippen molar-refractivity contribution in [1.29, 1.82) is 0 Å². The molecule has 35 heavy (non-hydrogen) atoms. The molecule has 0 amide bonds. The third-order valence-electron chi connectivity index (χ3n) is 6.39. The van der Waals surface area contributed by atoms with Gasteiger partial charge in [-0.15, -0.1) is 0 Å². The Balaban J connectivity index is 1.90. The van der Waals surface area contributed by atoms with E-state index in [4.69, 9.17) is 16.5 Å². The largest absolute Gasteiger partial charge is 0.455 e. The first kappa shape index (κ1) is 18.4. The van der Waals surface area contributed by atoms with Gasteiger partial charge in [0.2, 0.25) is 5.69 Å². The Labute approximate surface area is 213 Å². The molecule has 0 fully saturated rings. The molecule has 0 aliphatic carbocycles. The van der Waals surface area contributed by atoms with Crippen molar-refractivity contribution < 1.29 is 14.5 Å². The quantitative estimate of drug-likeness (QED) is 0.194. The van der Waals surface area contributed by atoms with E-state index in [2.05, 4.69) is 4.85 Å². The van der Waals surface area contributed by atoms with Crippen molar-refractivity contribution in [3.63, 3.8) is 0 Å². The van der Waals surface area contributed by atoms with Crippen LogP contribution in [0.2, 0.25) is 0 Å². The lowest BCUT2D eigenvalue weighted by molar-refractivity contribution is -0.667. The fourth-order valence-electron chi connectivity index (χ4n) is 4.57. The Bertz CT molecular complexity index is 1790. The highest BCUT2D eigenvalue weighted by Crippen LogP contribution is 2.42. The minimum absolute atomic E-state index is 0.0487. The van der Waals surface area contributed by atoms with E-state index in [1.165, 1.54) is 0 Å². The number of benzene rings is 3. The lowest BCUT2D eigenvalue weighted by Crippen LogP contribution is -2.36. The van der Waals surface area contributed by atoms with Crippen LogP contribution in [0, 0.1) is 25.8 Å². The summed E-state index contributed by atoms with van der Waals surface area (Å²) < 4.78 is 44.2. The van der Waals surface area contributed by atoms with E-state index in [0.717, 1.165) is 27.5 Å². The van der Waals surface area contributed by atoms with E-state index >= 15 is 0 Å². The molecule has 3 aromatic carbocycles. The van der Waals surface area contributed by atoms with Gasteiger partial charge in [0.05, 0.1) is 14.9 Å². The monoisotopic (exact) mass is 463 g/mol. The summed E-state index contributed by atoms with van der Waals surface area (Å²) in [5.41, 5.74) is 5.64. The molecule has 0 bridgehead atoms. The van der Waals surface area contributed by atoms with Gasteiger partial charge >= 0.3 is 0 Å². The van der Waals surface area contributed by atoms with Gasteiger partial charge in [0.25, 0.3) is 0 Å². The van der Waals surface area contributed by atoms with Crippen LogP contribution in [-0.4, -0.2) is 0 Å². The van der Waals surface area contributed by atoms with Gasteiger partial charge in [-0.3, -0.25) is 0 Å². The molecule has 174 valence electrons. The van der Waals surface area contributed by atoms with Gasteiger partial charge < -0.3 is 4.42 Å². The van der Waals surface area contributed by atoms with Crippen molar-refractivity contribution in [1.82, 2.24) is 0 Å². The number of aryl methyl sites for hydroxylation is 1. The van der Waals surface area contributed by atoms with Crippen LogP contribution >= 0.6 is 0 Å². The standard InChI is InChI=1S/C32H31N2O/c1-20-13-15-25-27-18-24(33-6)17-26(22-11-9-8-10-12-22)30(27)35-31(25)29(20)28-16-14-23(19-32(3,4)5)21(2)34(28)7/h8-18H,19H2,1-5,7H3/q+1/i14D,16D,19D2. The first-order valence-corrected chi connectivity index (χ1v) is 11.7. The van der Waals surface area contributed by atoms with Crippen LogP contribution in [0.3, 0.4) is 0 Å². The van der Waals surface area contributed by atoms with Crippen LogP contribution in [0.15, 0.2) is 71.1 Å². The molecular formula is C32H31N2O+. The third-order valence-corrected chi connectivity index (χ3v) is 6.39. The Kier molecular flexibility index (Phi) is 4.42. The van der Waals surface area contributed by atoms with Gasteiger partial charge in [0, 0.05) is 37.6 Å². The van der Waals surface area contributed by atoms with Crippen molar-refractivity contribution in [3.05, 3.63) is 94.9 Å². The summed E-state index contributed by atoms with van der Waals surface area (Å²) in [5.74, 6) is 0. The Morgan fingerprint density at radius 2 is 1.74 bits per heavy atom. The molecule has 0 spiro atoms. The molecule has 0 saturated heterocycles. The van der Waals surface area contributed by atoms with Gasteiger partial charge in [0.1, 0.15) is 18.2 Å². The number of aromatic nitrogens is 1. The number of fused-ring (bicyclic) bond motifs is 3. The zero-order valence-corrected chi connectivity index (χ0v) is 21.0. The lowest BCUT2D eigenvalue weighted by atomic mass is 9.87. The third kappa shape index (κ3) is 4.00. The zero-order valence-electron chi connectivity index (χ0n) is 25.0. The maximum atomic E-state index is 9.09. The van der Waals surface area contributed by atoms with E-state index in [-0.39, 0.29) is 17.6 Å². The van der Waals surface area contributed by atoms with E-state index in [1.54, 1.807) is 0 Å². The van der Waals surface area contributed by atoms with Crippen molar-refractivity contribution in [2.24, 2.45) is 12.5 Å². The Morgan fingerprint density at radius 1 is 1.00 bits per heavy atom. The summed E-state index contributed by atoms with van der Waals surface area (Å²) in [6, 6.07) is 17.3. The smallest absolute Gasteiger partial charge is 0.216 e. The first-order chi connectivity index (χ1) is 18.3. The van der Waals surface area contributed by atoms with Crippen LogP contribution in [0.1, 0.15) is 43.1 Å². The van der Waals surface area contributed by atoms with Gasteiger partial charge in [-0.2, -0.15) is 4.57 Å². The number of rotatable bonds is 3. The fourth-order valence-corrected chi connectivity index (χ4v) is 4.57. The van der Waals surface area contributed by atoms with Crippen LogP contribution < -0.4 is 4.57 Å². The molecule has 0 aliphatic rings. The van der Waals surface area contributed by atoms with E-state index in [9.17, 15) is 0 Å². The summed E-state index contributed by atoms with van der Waals surface area (Å²) in [6.45, 7) is 16.9. The molecule has 0 aliphatic heterocycles. The number of hydrogen-bond acceptors (Lipinski definition) is 1. The van der Waals surface area contributed by atoms with Crippen LogP contribution in [0.25, 0.3) is 49.2 Å². The van der Waals surface area contributed by atoms with Crippen molar-refractivity contribution in [2.45, 2.75) is 41.0 Å². The van der Waals surface area contributed by atoms with Gasteiger partial charge in [-0.05, 0) is 48.0 Å². The van der Waals surface area contributed by atoms with Crippen molar-refractivity contribution in [2.75, 3.05) is 0 Å². The Morgan fingerprint density at radius 3 is 2.43 bits per heavy atom. The van der Waals surface area contributed by atoms with E-state index in [1.807, 2.05) is 101 Å². The second-order valence-electron chi connectivity index (χ2n) is 10.1. The number of nitrogens with zero attached hydrogens (tertiary/aromatic N) is 2. The molecule has 3 nitrogen and oxygen atoms in total. The normalized spacial score (nSPS) is 13.9. The molecule has 0 N–H and O–H groups in total. The molecule has 0 saturated carbocycles. The number of pyridine rings is 1. The lowest BCUT2D eigenvalue weighted by Gasteiger charge is -2.19. The van der Waals surface area contributed by atoms with Gasteiger partial charge in [-0.25, -0.2) is 4.85 Å². The summed E-state index contributed by atoms with van der Waals surface area (Å²) in [4.78, 5) is 3.71. The van der Waals surface area contributed by atoms with Gasteiger partial charge in [-0.1, -0.05) is 63.2 Å². The summed E-state index contributed by atoms with van der Waals surface area (Å²) >= 11 is 0. The minimum Gasteiger partial charge on any atom is -0.455 e. The molecule has 5 rings (SSSR count). The highest BCUT2D eigenvalue weighted by Gasteiger charge is 2.25. The zero-order chi connectivity index (χ0) is 28.4.